The molecule has 0 heterocycles. The molecule has 164 valence electrons. The van der Waals surface area contributed by atoms with Crippen LogP contribution in [0.3, 0.4) is 0 Å². The molecule has 0 aromatic heterocycles. The Morgan fingerprint density at radius 2 is 1.53 bits per heavy atom. The Morgan fingerprint density at radius 1 is 0.844 bits per heavy atom. The highest BCUT2D eigenvalue weighted by molar-refractivity contribution is 5.94. The molecule has 0 atom stereocenters. The number of para-hydroxylation sites is 1. The summed E-state index contributed by atoms with van der Waals surface area (Å²) in [6.07, 6.45) is 2.80. The molecular weight excluding hydrogens is 410 g/mol. The van der Waals surface area contributed by atoms with Crippen LogP contribution in [0.5, 0.6) is 23.0 Å². The lowest BCUT2D eigenvalue weighted by Crippen LogP contribution is -2.20. The second-order valence-corrected chi connectivity index (χ2v) is 6.54. The minimum atomic E-state index is -0.637. The van der Waals surface area contributed by atoms with Gasteiger partial charge in [-0.05, 0) is 60.2 Å². The zero-order valence-electron chi connectivity index (χ0n) is 17.7. The number of benzene rings is 3. The monoisotopic (exact) mass is 433 g/mol. The van der Waals surface area contributed by atoms with Crippen molar-refractivity contribution in [2.24, 2.45) is 0 Å². The molecule has 0 radical (unpaired) electrons. The minimum Gasteiger partial charge on any atom is -0.493 e. The minimum absolute atomic E-state index is 0.405. The lowest BCUT2D eigenvalue weighted by Gasteiger charge is -2.08. The summed E-state index contributed by atoms with van der Waals surface area (Å²) in [4.78, 5) is 24.0. The summed E-state index contributed by atoms with van der Waals surface area (Å²) in [6.45, 7) is -0.405. The molecule has 0 saturated heterocycles. The van der Waals surface area contributed by atoms with E-state index in [1.807, 2.05) is 30.3 Å². The van der Waals surface area contributed by atoms with Crippen LogP contribution in [0, 0.1) is 0 Å². The quantitative estimate of drug-likeness (QED) is 0.389. The van der Waals surface area contributed by atoms with E-state index in [1.165, 1.54) is 13.2 Å². The summed E-state index contributed by atoms with van der Waals surface area (Å²) < 4.78 is 21.1. The van der Waals surface area contributed by atoms with Crippen LogP contribution in [0.2, 0.25) is 0 Å². The number of anilines is 1. The van der Waals surface area contributed by atoms with Crippen molar-refractivity contribution >= 4 is 23.6 Å². The smallest absolute Gasteiger partial charge is 0.331 e. The first-order valence-corrected chi connectivity index (χ1v) is 9.77. The van der Waals surface area contributed by atoms with E-state index in [9.17, 15) is 9.59 Å². The lowest BCUT2D eigenvalue weighted by molar-refractivity contribution is -0.142. The van der Waals surface area contributed by atoms with Crippen LogP contribution < -0.4 is 19.5 Å². The molecular formula is C25H23NO6. The van der Waals surface area contributed by atoms with Crippen molar-refractivity contribution in [3.63, 3.8) is 0 Å². The lowest BCUT2D eigenvalue weighted by atomic mass is 10.2. The third-order valence-corrected chi connectivity index (χ3v) is 4.28. The van der Waals surface area contributed by atoms with E-state index in [0.717, 1.165) is 11.3 Å². The standard InChI is InChI=1S/C25H23NO6/c1-29-22-14-8-18(16-23(22)30-2)9-15-25(28)31-17-24(27)26-19-10-12-21(13-11-19)32-20-6-4-3-5-7-20/h3-16H,17H2,1-2H3,(H,26,27). The average Bonchev–Trinajstić information content (AvgIpc) is 2.83. The summed E-state index contributed by atoms with van der Waals surface area (Å²) in [5, 5.41) is 2.66. The summed E-state index contributed by atoms with van der Waals surface area (Å²) >= 11 is 0. The van der Waals surface area contributed by atoms with Gasteiger partial charge in [-0.1, -0.05) is 24.3 Å². The zero-order valence-corrected chi connectivity index (χ0v) is 17.7. The van der Waals surface area contributed by atoms with Gasteiger partial charge in [-0.2, -0.15) is 0 Å². The van der Waals surface area contributed by atoms with Gasteiger partial charge in [-0.3, -0.25) is 4.79 Å². The Bertz CT molecular complexity index is 1080. The topological polar surface area (TPSA) is 83.1 Å². The van der Waals surface area contributed by atoms with Crippen LogP contribution in [-0.2, 0) is 14.3 Å². The van der Waals surface area contributed by atoms with Crippen LogP contribution in [-0.4, -0.2) is 32.7 Å². The van der Waals surface area contributed by atoms with Crippen LogP contribution in [0.1, 0.15) is 5.56 Å². The van der Waals surface area contributed by atoms with E-state index in [1.54, 1.807) is 55.7 Å². The van der Waals surface area contributed by atoms with Gasteiger partial charge >= 0.3 is 5.97 Å². The van der Waals surface area contributed by atoms with Crippen molar-refractivity contribution in [3.8, 4) is 23.0 Å². The van der Waals surface area contributed by atoms with E-state index in [4.69, 9.17) is 18.9 Å². The molecule has 0 aliphatic carbocycles. The highest BCUT2D eigenvalue weighted by atomic mass is 16.5. The molecule has 0 spiro atoms. The van der Waals surface area contributed by atoms with Gasteiger partial charge in [0.05, 0.1) is 14.2 Å². The number of hydrogen-bond acceptors (Lipinski definition) is 6. The molecule has 3 aromatic carbocycles. The zero-order chi connectivity index (χ0) is 22.8. The van der Waals surface area contributed by atoms with Gasteiger partial charge in [0, 0.05) is 11.8 Å². The highest BCUT2D eigenvalue weighted by Gasteiger charge is 2.07. The fourth-order valence-electron chi connectivity index (χ4n) is 2.73. The van der Waals surface area contributed by atoms with Gasteiger partial charge in [-0.25, -0.2) is 4.79 Å². The van der Waals surface area contributed by atoms with Gasteiger partial charge in [0.15, 0.2) is 18.1 Å². The van der Waals surface area contributed by atoms with Gasteiger partial charge in [0.25, 0.3) is 5.91 Å². The van der Waals surface area contributed by atoms with Crippen molar-refractivity contribution < 1.29 is 28.5 Å². The summed E-state index contributed by atoms with van der Waals surface area (Å²) in [5.41, 5.74) is 1.29. The first kappa shape index (κ1) is 22.4. The maximum Gasteiger partial charge on any atom is 0.331 e. The molecule has 0 fully saturated rings. The van der Waals surface area contributed by atoms with E-state index in [0.29, 0.717) is 22.9 Å². The molecule has 3 rings (SSSR count). The summed E-state index contributed by atoms with van der Waals surface area (Å²) in [7, 11) is 3.07. The van der Waals surface area contributed by atoms with Crippen LogP contribution in [0.4, 0.5) is 5.69 Å². The molecule has 1 N–H and O–H groups in total. The molecule has 7 nitrogen and oxygen atoms in total. The summed E-state index contributed by atoms with van der Waals surface area (Å²) in [5.74, 6) is 1.40. The van der Waals surface area contributed by atoms with Crippen molar-refractivity contribution in [3.05, 3.63) is 84.4 Å². The predicted octanol–water partition coefficient (Wildman–Crippen LogP) is 4.69. The van der Waals surface area contributed by atoms with Crippen molar-refractivity contribution in [1.29, 1.82) is 0 Å². The first-order chi connectivity index (χ1) is 15.6. The number of methoxy groups -OCH3 is 2. The highest BCUT2D eigenvalue weighted by Crippen LogP contribution is 2.28. The second kappa shape index (κ2) is 11.2. The Hall–Kier alpha value is -4.26. The fourth-order valence-corrected chi connectivity index (χ4v) is 2.73. The number of rotatable bonds is 9. The van der Waals surface area contributed by atoms with Crippen LogP contribution in [0.15, 0.2) is 78.9 Å². The van der Waals surface area contributed by atoms with E-state index in [-0.39, 0.29) is 0 Å². The molecule has 1 amide bonds. The maximum atomic E-state index is 12.0. The van der Waals surface area contributed by atoms with E-state index in [2.05, 4.69) is 5.32 Å². The van der Waals surface area contributed by atoms with Crippen molar-refractivity contribution in [2.75, 3.05) is 26.1 Å². The molecule has 0 bridgehead atoms. The molecule has 0 aliphatic heterocycles. The molecule has 0 saturated carbocycles. The fraction of sp³-hybridized carbons (Fsp3) is 0.120. The summed E-state index contributed by atoms with van der Waals surface area (Å²) in [6, 6.07) is 21.5. The number of hydrogen-bond donors (Lipinski definition) is 1. The number of carbonyl (C=O) groups is 2. The van der Waals surface area contributed by atoms with Crippen LogP contribution in [0.25, 0.3) is 6.08 Å². The number of nitrogens with one attached hydrogen (secondary N) is 1. The normalized spacial score (nSPS) is 10.4. The Morgan fingerprint density at radius 3 is 2.22 bits per heavy atom. The maximum absolute atomic E-state index is 12.0. The van der Waals surface area contributed by atoms with Gasteiger partial charge in [-0.15, -0.1) is 0 Å². The third-order valence-electron chi connectivity index (χ3n) is 4.28. The molecule has 0 unspecified atom stereocenters. The molecule has 7 heteroatoms. The van der Waals surface area contributed by atoms with Gasteiger partial charge in [0.2, 0.25) is 0 Å². The third kappa shape index (κ3) is 6.63. The van der Waals surface area contributed by atoms with Crippen LogP contribution >= 0.6 is 0 Å². The number of ether oxygens (including phenoxy) is 4. The van der Waals surface area contributed by atoms with Crippen molar-refractivity contribution in [2.45, 2.75) is 0 Å². The largest absolute Gasteiger partial charge is 0.493 e. The molecule has 3 aromatic rings. The van der Waals surface area contributed by atoms with Gasteiger partial charge in [0.1, 0.15) is 11.5 Å². The number of carbonyl (C=O) groups excluding carboxylic acids is 2. The van der Waals surface area contributed by atoms with E-state index >= 15 is 0 Å². The first-order valence-electron chi connectivity index (χ1n) is 9.77. The Balaban J connectivity index is 1.46. The molecule has 32 heavy (non-hydrogen) atoms. The Labute approximate surface area is 186 Å². The SMILES string of the molecule is COc1ccc(C=CC(=O)OCC(=O)Nc2ccc(Oc3ccccc3)cc2)cc1OC. The van der Waals surface area contributed by atoms with E-state index < -0.39 is 18.5 Å². The number of amides is 1. The predicted molar refractivity (Wildman–Crippen MR) is 121 cm³/mol. The van der Waals surface area contributed by atoms with Gasteiger partial charge < -0.3 is 24.3 Å². The Kier molecular flexibility index (Phi) is 7.86. The number of esters is 1. The molecule has 0 aliphatic rings. The average molecular weight is 433 g/mol. The van der Waals surface area contributed by atoms with Crippen molar-refractivity contribution in [1.82, 2.24) is 0 Å². The second-order valence-electron chi connectivity index (χ2n) is 6.54.